The lowest BCUT2D eigenvalue weighted by Crippen LogP contribution is -2.46. The molecule has 27 heteroatoms. The number of halogens is 6. The molecule has 84 heavy (non-hydrogen) atoms. The third kappa shape index (κ3) is 20.0. The Morgan fingerprint density at radius 1 is 0.381 bits per heavy atom. The van der Waals surface area contributed by atoms with Crippen molar-refractivity contribution < 1.29 is 84.8 Å². The second-order valence-corrected chi connectivity index (χ2v) is 20.4. The molecule has 0 bridgehead atoms. The van der Waals surface area contributed by atoms with Crippen LogP contribution in [-0.4, -0.2) is 123 Å². The van der Waals surface area contributed by atoms with Gasteiger partial charge in [-0.15, -0.1) is 0 Å². The first-order valence-electron chi connectivity index (χ1n) is 24.5. The average molecular weight is 1230 g/mol. The molecule has 0 aliphatic heterocycles. The van der Waals surface area contributed by atoms with Gasteiger partial charge in [0, 0.05) is 94.1 Å². The Kier molecular flexibility index (Phi) is 25.9. The van der Waals surface area contributed by atoms with Crippen LogP contribution >= 0.6 is 35.3 Å². The van der Waals surface area contributed by atoms with Gasteiger partial charge in [0.25, 0.3) is 0 Å². The molecule has 0 heterocycles. The van der Waals surface area contributed by atoms with E-state index in [0.717, 1.165) is 71.7 Å². The van der Waals surface area contributed by atoms with E-state index in [1.54, 1.807) is 0 Å². The summed E-state index contributed by atoms with van der Waals surface area (Å²) in [5.41, 5.74) is 0.779. The highest BCUT2D eigenvalue weighted by Gasteiger charge is 2.26. The molecule has 1 unspecified atom stereocenters. The number of thioether (sulfide) groups is 3. The second-order valence-electron chi connectivity index (χ2n) is 17.5. The molecule has 0 aliphatic rings. The fourth-order valence-electron chi connectivity index (χ4n) is 7.29. The largest absolute Gasteiger partial charge is 0.507 e. The number of aromatic hydroxyl groups is 3. The van der Waals surface area contributed by atoms with Crippen molar-refractivity contribution in [3.8, 4) is 50.6 Å². The summed E-state index contributed by atoms with van der Waals surface area (Å²) in [7, 11) is 4.20. The standard InChI is InChI=1S/3C19H18F2N2O4S/c3*1-10(24)23-16(18(26)22-2)9-28-19(27)14-7-11(3-6-17(14)25)13-5-4-12(20)8-15(13)21/h3*3-8,16,25H,9H2,1-2H3,(H,22,26)(H,23,24)/t2*16-;/m10./s1. The van der Waals surface area contributed by atoms with Crippen LogP contribution in [-0.2, 0) is 28.8 Å². The highest BCUT2D eigenvalue weighted by molar-refractivity contribution is 8.14. The van der Waals surface area contributed by atoms with Crippen molar-refractivity contribution in [3.63, 3.8) is 0 Å². The lowest BCUT2D eigenvalue weighted by molar-refractivity contribution is -0.127. The van der Waals surface area contributed by atoms with Gasteiger partial charge in [-0.2, -0.15) is 0 Å². The zero-order valence-corrected chi connectivity index (χ0v) is 47.7. The molecule has 0 aliphatic carbocycles. The molecule has 9 N–H and O–H groups in total. The Morgan fingerprint density at radius 2 is 0.619 bits per heavy atom. The Morgan fingerprint density at radius 3 is 0.821 bits per heavy atom. The number of hydrogen-bond donors (Lipinski definition) is 9. The van der Waals surface area contributed by atoms with E-state index in [1.165, 1.54) is 115 Å². The zero-order chi connectivity index (χ0) is 62.5. The predicted octanol–water partition coefficient (Wildman–Crippen LogP) is 7.38. The first kappa shape index (κ1) is 67.7. The van der Waals surface area contributed by atoms with Crippen molar-refractivity contribution in [1.82, 2.24) is 31.9 Å². The van der Waals surface area contributed by atoms with Gasteiger partial charge in [-0.3, -0.25) is 43.2 Å². The molecule has 6 aromatic rings. The molecule has 6 amide bonds. The van der Waals surface area contributed by atoms with E-state index < -0.39 is 104 Å². The van der Waals surface area contributed by atoms with Crippen molar-refractivity contribution in [3.05, 3.63) is 161 Å². The summed E-state index contributed by atoms with van der Waals surface area (Å²) in [5, 5.41) is 42.7. The molecular formula is C57H54F6N6O12S3. The fourth-order valence-corrected chi connectivity index (χ4v) is 9.91. The fraction of sp³-hybridized carbons (Fsp3) is 0.211. The van der Waals surface area contributed by atoms with Gasteiger partial charge in [-0.05, 0) is 89.5 Å². The second kappa shape index (κ2) is 32.1. The van der Waals surface area contributed by atoms with E-state index in [-0.39, 0.29) is 84.6 Å². The van der Waals surface area contributed by atoms with E-state index in [0.29, 0.717) is 0 Å². The number of rotatable bonds is 18. The molecule has 0 saturated heterocycles. The minimum Gasteiger partial charge on any atom is -0.507 e. The molecule has 0 saturated carbocycles. The number of carbonyl (C=O) groups excluding carboxylic acids is 9. The number of phenolic OH excluding ortho intramolecular Hbond substituents is 3. The summed E-state index contributed by atoms with van der Waals surface area (Å²) in [6, 6.07) is 18.1. The normalized spacial score (nSPS) is 11.6. The number of nitrogens with one attached hydrogen (secondary N) is 6. The summed E-state index contributed by atoms with van der Waals surface area (Å²) in [6.07, 6.45) is 0. The smallest absolute Gasteiger partial charge is 0.243 e. The molecule has 0 aromatic heterocycles. The van der Waals surface area contributed by atoms with E-state index in [2.05, 4.69) is 31.9 Å². The predicted molar refractivity (Wildman–Crippen MR) is 306 cm³/mol. The SMILES string of the molecule is CNC(=O)C(CSC(=O)c1cc(-c2ccc(F)cc2F)ccc1O)NC(C)=O.CNC(=O)[C@@H](CSC(=O)c1cc(-c2ccc(F)cc2F)ccc1O)NC(C)=O.CNC(=O)[C@H](CSC(=O)c1cc(-c2ccc(F)cc2F)ccc1O)NC(C)=O. The van der Waals surface area contributed by atoms with Crippen LogP contribution in [0.25, 0.3) is 33.4 Å². The molecule has 3 atom stereocenters. The van der Waals surface area contributed by atoms with E-state index in [4.69, 9.17) is 0 Å². The summed E-state index contributed by atoms with van der Waals surface area (Å²) >= 11 is 2.16. The Labute approximate surface area is 489 Å². The molecule has 0 spiro atoms. The molecule has 0 fully saturated rings. The van der Waals surface area contributed by atoms with Crippen LogP contribution in [0, 0.1) is 34.9 Å². The highest BCUT2D eigenvalue weighted by Crippen LogP contribution is 2.34. The summed E-state index contributed by atoms with van der Waals surface area (Å²) < 4.78 is 81.3. The van der Waals surface area contributed by atoms with E-state index in [1.807, 2.05) is 0 Å². The van der Waals surface area contributed by atoms with Crippen LogP contribution in [0.1, 0.15) is 51.8 Å². The summed E-state index contributed by atoms with van der Waals surface area (Å²) in [6.45, 7) is 3.74. The number of benzene rings is 6. The minimum atomic E-state index is -0.934. The monoisotopic (exact) mass is 1220 g/mol. The van der Waals surface area contributed by atoms with E-state index >= 15 is 0 Å². The van der Waals surface area contributed by atoms with Crippen molar-refractivity contribution >= 4 is 86.1 Å². The molecular weight excluding hydrogens is 1170 g/mol. The third-order valence-electron chi connectivity index (χ3n) is 11.3. The van der Waals surface area contributed by atoms with Crippen LogP contribution in [0.3, 0.4) is 0 Å². The molecule has 6 rings (SSSR count). The molecule has 6 aromatic carbocycles. The van der Waals surface area contributed by atoms with Gasteiger partial charge >= 0.3 is 0 Å². The number of carbonyl (C=O) groups is 9. The van der Waals surface area contributed by atoms with E-state index in [9.17, 15) is 84.8 Å². The molecule has 18 nitrogen and oxygen atoms in total. The van der Waals surface area contributed by atoms with Gasteiger partial charge in [0.15, 0.2) is 0 Å². The minimum absolute atomic E-state index is 0.0628. The number of amides is 6. The van der Waals surface area contributed by atoms with Crippen molar-refractivity contribution in [2.24, 2.45) is 0 Å². The topological polar surface area (TPSA) is 286 Å². The lowest BCUT2D eigenvalue weighted by atomic mass is 10.0. The Hall–Kier alpha value is -8.82. The Bertz CT molecular complexity index is 3120. The van der Waals surface area contributed by atoms with Gasteiger partial charge in [0.05, 0.1) is 16.7 Å². The van der Waals surface area contributed by atoms with Crippen molar-refractivity contribution in [2.75, 3.05) is 38.4 Å². The summed E-state index contributed by atoms with van der Waals surface area (Å²) in [5.74, 6) is -8.46. The first-order chi connectivity index (χ1) is 39.7. The summed E-state index contributed by atoms with van der Waals surface area (Å²) in [4.78, 5) is 107. The van der Waals surface area contributed by atoms with Crippen LogP contribution in [0.5, 0.6) is 17.2 Å². The molecule has 0 radical (unpaired) electrons. The van der Waals surface area contributed by atoms with Crippen LogP contribution in [0.15, 0.2) is 109 Å². The maximum absolute atomic E-state index is 14.0. The van der Waals surface area contributed by atoms with Gasteiger partial charge in [-0.25, -0.2) is 26.3 Å². The number of phenols is 3. The third-order valence-corrected chi connectivity index (χ3v) is 14.3. The Balaban J connectivity index is 0.000000270. The van der Waals surface area contributed by atoms with Crippen LogP contribution in [0.2, 0.25) is 0 Å². The number of hydrogen-bond acceptors (Lipinski definition) is 15. The highest BCUT2D eigenvalue weighted by atomic mass is 32.2. The van der Waals surface area contributed by atoms with Gasteiger partial charge < -0.3 is 47.2 Å². The van der Waals surface area contributed by atoms with Gasteiger partial charge in [0.2, 0.25) is 50.8 Å². The van der Waals surface area contributed by atoms with Crippen molar-refractivity contribution in [1.29, 1.82) is 0 Å². The maximum atomic E-state index is 14.0. The zero-order valence-electron chi connectivity index (χ0n) is 45.3. The van der Waals surface area contributed by atoms with Crippen molar-refractivity contribution in [2.45, 2.75) is 38.9 Å². The average Bonchev–Trinajstić information content (AvgIpc) is 3.31. The lowest BCUT2D eigenvalue weighted by Gasteiger charge is -2.15. The van der Waals surface area contributed by atoms with Crippen LogP contribution in [0.4, 0.5) is 26.3 Å². The van der Waals surface area contributed by atoms with Gasteiger partial charge in [0.1, 0.15) is 70.3 Å². The maximum Gasteiger partial charge on any atom is 0.243 e. The van der Waals surface area contributed by atoms with Crippen LogP contribution < -0.4 is 31.9 Å². The number of likely N-dealkylation sites (N-methyl/N-ethyl adjacent to an activating group) is 3. The first-order valence-corrected chi connectivity index (χ1v) is 27.5. The quantitative estimate of drug-likeness (QED) is 0.0380. The molecule has 444 valence electrons. The van der Waals surface area contributed by atoms with Gasteiger partial charge in [-0.1, -0.05) is 53.5 Å².